The van der Waals surface area contributed by atoms with E-state index in [1.54, 1.807) is 11.3 Å². The summed E-state index contributed by atoms with van der Waals surface area (Å²) in [6.07, 6.45) is 3.35. The average Bonchev–Trinajstić information content (AvgIpc) is 2.90. The van der Waals surface area contributed by atoms with Gasteiger partial charge in [0.2, 0.25) is 0 Å². The van der Waals surface area contributed by atoms with Gasteiger partial charge in [-0.15, -0.1) is 11.3 Å². The largest absolute Gasteiger partial charge is 0.356 e. The van der Waals surface area contributed by atoms with E-state index in [0.717, 1.165) is 25.5 Å². The molecule has 0 unspecified atom stereocenters. The van der Waals surface area contributed by atoms with Crippen LogP contribution in [0, 0.1) is 0 Å². The molecule has 1 aromatic rings. The van der Waals surface area contributed by atoms with Gasteiger partial charge in [-0.3, -0.25) is 4.99 Å². The molecule has 0 saturated heterocycles. The fourth-order valence-corrected chi connectivity index (χ4v) is 2.76. The number of rotatable bonds is 7. The molecule has 20 heavy (non-hydrogen) atoms. The minimum Gasteiger partial charge on any atom is -0.356 e. The molecular formula is C15H28N4S. The fourth-order valence-electron chi connectivity index (χ4n) is 1.89. The normalized spacial score (nSPS) is 12.0. The van der Waals surface area contributed by atoms with E-state index < -0.39 is 0 Å². The van der Waals surface area contributed by atoms with Gasteiger partial charge in [0.1, 0.15) is 0 Å². The second kappa shape index (κ2) is 8.95. The van der Waals surface area contributed by atoms with Crippen molar-refractivity contribution >= 4 is 17.3 Å². The highest BCUT2D eigenvalue weighted by Crippen LogP contribution is 2.19. The van der Waals surface area contributed by atoms with E-state index in [0.29, 0.717) is 5.92 Å². The van der Waals surface area contributed by atoms with E-state index in [2.05, 4.69) is 53.4 Å². The first-order valence-corrected chi connectivity index (χ1v) is 8.32. The number of hydrogen-bond acceptors (Lipinski definition) is 3. The van der Waals surface area contributed by atoms with Crippen LogP contribution in [0.3, 0.4) is 0 Å². The van der Waals surface area contributed by atoms with Crippen molar-refractivity contribution in [2.24, 2.45) is 4.99 Å². The Morgan fingerprint density at radius 1 is 1.50 bits per heavy atom. The van der Waals surface area contributed by atoms with Gasteiger partial charge < -0.3 is 10.2 Å². The van der Waals surface area contributed by atoms with Crippen LogP contribution in [-0.4, -0.2) is 43.0 Å². The van der Waals surface area contributed by atoms with Gasteiger partial charge in [-0.05, 0) is 6.42 Å². The van der Waals surface area contributed by atoms with Crippen molar-refractivity contribution in [3.8, 4) is 0 Å². The van der Waals surface area contributed by atoms with E-state index in [4.69, 9.17) is 0 Å². The summed E-state index contributed by atoms with van der Waals surface area (Å²) in [4.78, 5) is 11.2. The Morgan fingerprint density at radius 3 is 2.80 bits per heavy atom. The Labute approximate surface area is 127 Å². The van der Waals surface area contributed by atoms with E-state index >= 15 is 0 Å². The molecule has 0 aliphatic carbocycles. The number of nitrogens with zero attached hydrogens (tertiary/aromatic N) is 3. The van der Waals surface area contributed by atoms with Gasteiger partial charge >= 0.3 is 0 Å². The Morgan fingerprint density at radius 2 is 2.25 bits per heavy atom. The lowest BCUT2D eigenvalue weighted by Gasteiger charge is -2.21. The Balaban J connectivity index is 2.37. The number of thiazole rings is 1. The molecule has 5 heteroatoms. The first-order valence-electron chi connectivity index (χ1n) is 7.44. The predicted octanol–water partition coefficient (Wildman–Crippen LogP) is 3.12. The van der Waals surface area contributed by atoms with Crippen LogP contribution in [0.4, 0.5) is 0 Å². The van der Waals surface area contributed by atoms with Gasteiger partial charge in [0.05, 0.1) is 10.7 Å². The third-order valence-electron chi connectivity index (χ3n) is 3.15. The molecule has 0 bridgehead atoms. The molecule has 0 spiro atoms. The summed E-state index contributed by atoms with van der Waals surface area (Å²) in [5.41, 5.74) is 1.18. The monoisotopic (exact) mass is 296 g/mol. The molecule has 4 nitrogen and oxygen atoms in total. The minimum absolute atomic E-state index is 0.523. The number of hydrogen-bond donors (Lipinski definition) is 1. The first kappa shape index (κ1) is 17.0. The van der Waals surface area contributed by atoms with Gasteiger partial charge in [-0.2, -0.15) is 0 Å². The molecule has 1 heterocycles. The van der Waals surface area contributed by atoms with Crippen LogP contribution in [0.5, 0.6) is 0 Å². The maximum atomic E-state index is 4.65. The van der Waals surface area contributed by atoms with Crippen molar-refractivity contribution < 1.29 is 0 Å². The zero-order chi connectivity index (χ0) is 15.0. The van der Waals surface area contributed by atoms with Crippen molar-refractivity contribution in [1.29, 1.82) is 0 Å². The molecular weight excluding hydrogens is 268 g/mol. The van der Waals surface area contributed by atoms with E-state index in [9.17, 15) is 0 Å². The summed E-state index contributed by atoms with van der Waals surface area (Å²) >= 11 is 1.76. The third-order valence-corrected chi connectivity index (χ3v) is 4.34. The molecule has 0 atom stereocenters. The molecule has 0 amide bonds. The van der Waals surface area contributed by atoms with Crippen LogP contribution in [0.15, 0.2) is 10.4 Å². The van der Waals surface area contributed by atoms with Crippen LogP contribution in [0.2, 0.25) is 0 Å². The number of unbranched alkanes of at least 4 members (excludes halogenated alkanes) is 1. The summed E-state index contributed by atoms with van der Waals surface area (Å²) in [5, 5.41) is 6.80. The van der Waals surface area contributed by atoms with Crippen LogP contribution < -0.4 is 5.32 Å². The summed E-state index contributed by atoms with van der Waals surface area (Å²) in [6.45, 7) is 8.50. The van der Waals surface area contributed by atoms with E-state index in [1.165, 1.54) is 23.5 Å². The third kappa shape index (κ3) is 5.49. The molecule has 0 fully saturated rings. The van der Waals surface area contributed by atoms with Gasteiger partial charge in [-0.1, -0.05) is 27.2 Å². The molecule has 0 aliphatic rings. The maximum Gasteiger partial charge on any atom is 0.193 e. The van der Waals surface area contributed by atoms with Crippen molar-refractivity contribution in [3.63, 3.8) is 0 Å². The van der Waals surface area contributed by atoms with E-state index in [-0.39, 0.29) is 0 Å². The quantitative estimate of drug-likeness (QED) is 0.621. The smallest absolute Gasteiger partial charge is 0.193 e. The zero-order valence-electron chi connectivity index (χ0n) is 13.4. The summed E-state index contributed by atoms with van der Waals surface area (Å²) in [6, 6.07) is 0. The first-order chi connectivity index (χ1) is 9.58. The highest BCUT2D eigenvalue weighted by molar-refractivity contribution is 7.09. The van der Waals surface area contributed by atoms with Gasteiger partial charge in [-0.25, -0.2) is 4.98 Å². The number of guanidine groups is 1. The fraction of sp³-hybridized carbons (Fsp3) is 0.733. The highest BCUT2D eigenvalue weighted by atomic mass is 32.1. The molecule has 0 aliphatic heterocycles. The Hall–Kier alpha value is -1.10. The molecule has 0 saturated carbocycles. The van der Waals surface area contributed by atoms with Crippen molar-refractivity contribution in [2.75, 3.05) is 27.2 Å². The molecule has 0 radical (unpaired) electrons. The summed E-state index contributed by atoms with van der Waals surface area (Å²) in [5.74, 6) is 1.49. The topological polar surface area (TPSA) is 40.5 Å². The lowest BCUT2D eigenvalue weighted by Crippen LogP contribution is -2.40. The minimum atomic E-state index is 0.523. The Kier molecular flexibility index (Phi) is 7.59. The van der Waals surface area contributed by atoms with Gasteiger partial charge in [0, 0.05) is 44.9 Å². The standard InChI is InChI=1S/C15H28N4S/c1-6-7-10-19(5)15(16-4)17-9-8-13-11-20-14(18-13)12(2)3/h11-12H,6-10H2,1-5H3,(H,16,17). The molecule has 114 valence electrons. The molecule has 1 rings (SSSR count). The average molecular weight is 296 g/mol. The SMILES string of the molecule is CCCCN(C)C(=NC)NCCc1csc(C(C)C)n1. The van der Waals surface area contributed by atoms with Crippen LogP contribution in [-0.2, 0) is 6.42 Å². The van der Waals surface area contributed by atoms with Crippen molar-refractivity contribution in [3.05, 3.63) is 16.1 Å². The van der Waals surface area contributed by atoms with Gasteiger partial charge in [0.15, 0.2) is 5.96 Å². The lowest BCUT2D eigenvalue weighted by molar-refractivity contribution is 0.465. The lowest BCUT2D eigenvalue weighted by atomic mass is 10.2. The second-order valence-electron chi connectivity index (χ2n) is 5.33. The summed E-state index contributed by atoms with van der Waals surface area (Å²) < 4.78 is 0. The second-order valence-corrected chi connectivity index (χ2v) is 6.22. The zero-order valence-corrected chi connectivity index (χ0v) is 14.3. The van der Waals surface area contributed by atoms with Crippen molar-refractivity contribution in [1.82, 2.24) is 15.2 Å². The molecule has 0 aromatic carbocycles. The van der Waals surface area contributed by atoms with Crippen LogP contribution in [0.1, 0.15) is 50.2 Å². The van der Waals surface area contributed by atoms with Crippen molar-refractivity contribution in [2.45, 2.75) is 46.0 Å². The summed E-state index contributed by atoms with van der Waals surface area (Å²) in [7, 11) is 3.93. The number of nitrogens with one attached hydrogen (secondary N) is 1. The van der Waals surface area contributed by atoms with Crippen LogP contribution >= 0.6 is 11.3 Å². The Bertz CT molecular complexity index is 412. The molecule has 1 N–H and O–H groups in total. The highest BCUT2D eigenvalue weighted by Gasteiger charge is 2.07. The molecule has 1 aromatic heterocycles. The van der Waals surface area contributed by atoms with E-state index in [1.807, 2.05) is 7.05 Å². The van der Waals surface area contributed by atoms with Crippen LogP contribution in [0.25, 0.3) is 0 Å². The number of aliphatic imine (C=N–C) groups is 1. The number of aromatic nitrogens is 1. The van der Waals surface area contributed by atoms with Gasteiger partial charge in [0.25, 0.3) is 0 Å². The predicted molar refractivity (Wildman–Crippen MR) is 88.8 cm³/mol. The maximum absolute atomic E-state index is 4.65.